The largest absolute Gasteiger partial charge is 0.331 e. The molecule has 7 nitrogen and oxygen atoms in total. The minimum absolute atomic E-state index is 0.272. The Balaban J connectivity index is 1.58. The smallest absolute Gasteiger partial charge is 0.321 e. The fourth-order valence-electron chi connectivity index (χ4n) is 2.26. The van der Waals surface area contributed by atoms with Crippen molar-refractivity contribution in [3.05, 3.63) is 23.2 Å². The number of amides is 2. The third kappa shape index (κ3) is 2.96. The summed E-state index contributed by atoms with van der Waals surface area (Å²) in [5, 5.41) is 16.2. The van der Waals surface area contributed by atoms with Crippen LogP contribution in [-0.2, 0) is 19.5 Å². The van der Waals surface area contributed by atoms with Gasteiger partial charge in [0.1, 0.15) is 5.82 Å². The molecule has 1 aliphatic rings. The highest BCUT2D eigenvalue weighted by atomic mass is 32.1. The van der Waals surface area contributed by atoms with Crippen molar-refractivity contribution in [1.82, 2.24) is 25.1 Å². The third-order valence-corrected chi connectivity index (χ3v) is 3.93. The third-order valence-electron chi connectivity index (χ3n) is 3.25. The molecule has 0 spiro atoms. The van der Waals surface area contributed by atoms with Crippen LogP contribution in [0.1, 0.15) is 30.9 Å². The van der Waals surface area contributed by atoms with Crippen molar-refractivity contribution in [1.29, 1.82) is 0 Å². The molecule has 2 N–H and O–H groups in total. The zero-order chi connectivity index (χ0) is 13.8. The standard InChI is InChI=1S/C12H16N6OS/c19-11(15-12-13-5-7-20-12)14-8-10-17-16-9-4-2-1-3-6-18(9)10/h5,7H,1-4,6,8H2,(H2,13,14,15,19). The summed E-state index contributed by atoms with van der Waals surface area (Å²) in [6.45, 7) is 1.32. The van der Waals surface area contributed by atoms with Gasteiger partial charge in [-0.1, -0.05) is 6.42 Å². The molecule has 0 atom stereocenters. The van der Waals surface area contributed by atoms with Crippen LogP contribution in [0.4, 0.5) is 9.93 Å². The Morgan fingerprint density at radius 1 is 1.35 bits per heavy atom. The highest BCUT2D eigenvalue weighted by Gasteiger charge is 2.15. The van der Waals surface area contributed by atoms with Gasteiger partial charge in [0.15, 0.2) is 11.0 Å². The number of urea groups is 1. The average Bonchev–Trinajstić information content (AvgIpc) is 3.02. The number of nitrogens with zero attached hydrogens (tertiary/aromatic N) is 4. The number of carbonyl (C=O) groups excluding carboxylic acids is 1. The fourth-order valence-corrected chi connectivity index (χ4v) is 2.79. The molecule has 0 aromatic carbocycles. The summed E-state index contributed by atoms with van der Waals surface area (Å²) >= 11 is 1.38. The molecule has 0 unspecified atom stereocenters. The van der Waals surface area contributed by atoms with Gasteiger partial charge in [-0.05, 0) is 12.8 Å². The SMILES string of the molecule is O=C(NCc1nnc2n1CCCCC2)Nc1nccs1. The van der Waals surface area contributed by atoms with Crippen LogP contribution in [0.2, 0.25) is 0 Å². The molecule has 1 aliphatic heterocycles. The maximum Gasteiger partial charge on any atom is 0.321 e. The summed E-state index contributed by atoms with van der Waals surface area (Å²) in [4.78, 5) is 15.7. The molecule has 2 aromatic heterocycles. The molecule has 3 heterocycles. The minimum Gasteiger partial charge on any atom is -0.331 e. The second-order valence-corrected chi connectivity index (χ2v) is 5.53. The predicted molar refractivity (Wildman–Crippen MR) is 75.5 cm³/mol. The molecular weight excluding hydrogens is 276 g/mol. The van der Waals surface area contributed by atoms with Crippen molar-refractivity contribution >= 4 is 22.5 Å². The molecular formula is C12H16N6OS. The number of fused-ring (bicyclic) bond motifs is 1. The Kier molecular flexibility index (Phi) is 3.91. The van der Waals surface area contributed by atoms with E-state index in [1.54, 1.807) is 6.20 Å². The first-order chi connectivity index (χ1) is 9.83. The minimum atomic E-state index is -0.272. The highest BCUT2D eigenvalue weighted by molar-refractivity contribution is 7.13. The molecule has 0 aliphatic carbocycles. The van der Waals surface area contributed by atoms with Crippen LogP contribution >= 0.6 is 11.3 Å². The van der Waals surface area contributed by atoms with E-state index in [0.29, 0.717) is 11.7 Å². The lowest BCUT2D eigenvalue weighted by Crippen LogP contribution is -2.29. The Morgan fingerprint density at radius 3 is 3.15 bits per heavy atom. The van der Waals surface area contributed by atoms with Crippen LogP contribution in [0.3, 0.4) is 0 Å². The van der Waals surface area contributed by atoms with E-state index in [4.69, 9.17) is 0 Å². The number of carbonyl (C=O) groups is 1. The first-order valence-electron chi connectivity index (χ1n) is 6.68. The van der Waals surface area contributed by atoms with E-state index >= 15 is 0 Å². The van der Waals surface area contributed by atoms with E-state index in [1.165, 1.54) is 17.8 Å². The van der Waals surface area contributed by atoms with Crippen molar-refractivity contribution in [3.63, 3.8) is 0 Å². The van der Waals surface area contributed by atoms with Crippen LogP contribution in [0, 0.1) is 0 Å². The lowest BCUT2D eigenvalue weighted by atomic mass is 10.2. The highest BCUT2D eigenvalue weighted by Crippen LogP contribution is 2.14. The number of thiazole rings is 1. The Bertz CT molecular complexity index is 579. The molecule has 20 heavy (non-hydrogen) atoms. The van der Waals surface area contributed by atoms with Gasteiger partial charge in [-0.2, -0.15) is 0 Å². The van der Waals surface area contributed by atoms with E-state index in [-0.39, 0.29) is 6.03 Å². The second kappa shape index (κ2) is 6.00. The molecule has 3 rings (SSSR count). The molecule has 0 fully saturated rings. The Labute approximate surface area is 120 Å². The zero-order valence-electron chi connectivity index (χ0n) is 11.0. The van der Waals surface area contributed by atoms with E-state index < -0.39 is 0 Å². The monoisotopic (exact) mass is 292 g/mol. The summed E-state index contributed by atoms with van der Waals surface area (Å²) in [5.74, 6) is 1.84. The second-order valence-electron chi connectivity index (χ2n) is 4.64. The molecule has 106 valence electrons. The molecule has 2 aromatic rings. The Morgan fingerprint density at radius 2 is 2.30 bits per heavy atom. The Hall–Kier alpha value is -1.96. The first kappa shape index (κ1) is 13.0. The average molecular weight is 292 g/mol. The summed E-state index contributed by atoms with van der Waals surface area (Å²) in [7, 11) is 0. The number of aromatic nitrogens is 4. The van der Waals surface area contributed by atoms with E-state index in [0.717, 1.165) is 37.5 Å². The molecule has 8 heteroatoms. The number of anilines is 1. The molecule has 0 saturated heterocycles. The van der Waals surface area contributed by atoms with Crippen LogP contribution in [0.5, 0.6) is 0 Å². The lowest BCUT2D eigenvalue weighted by Gasteiger charge is -2.08. The maximum absolute atomic E-state index is 11.7. The van der Waals surface area contributed by atoms with Crippen molar-refractivity contribution < 1.29 is 4.79 Å². The van der Waals surface area contributed by atoms with E-state index in [1.807, 2.05) is 5.38 Å². The van der Waals surface area contributed by atoms with Crippen molar-refractivity contribution in [2.45, 2.75) is 38.8 Å². The van der Waals surface area contributed by atoms with Gasteiger partial charge in [0, 0.05) is 24.5 Å². The summed E-state index contributed by atoms with van der Waals surface area (Å²) < 4.78 is 2.12. The molecule has 0 saturated carbocycles. The van der Waals surface area contributed by atoms with Gasteiger partial charge < -0.3 is 9.88 Å². The summed E-state index contributed by atoms with van der Waals surface area (Å²) in [5.41, 5.74) is 0. The van der Waals surface area contributed by atoms with E-state index in [2.05, 4.69) is 30.4 Å². The maximum atomic E-state index is 11.7. The van der Waals surface area contributed by atoms with Gasteiger partial charge in [-0.25, -0.2) is 9.78 Å². The number of hydrogen-bond acceptors (Lipinski definition) is 5. The van der Waals surface area contributed by atoms with Crippen molar-refractivity contribution in [3.8, 4) is 0 Å². The number of hydrogen-bond donors (Lipinski definition) is 2. The number of rotatable bonds is 3. The number of aryl methyl sites for hydroxylation is 1. The normalized spacial score (nSPS) is 14.4. The van der Waals surface area contributed by atoms with Crippen molar-refractivity contribution in [2.24, 2.45) is 0 Å². The first-order valence-corrected chi connectivity index (χ1v) is 7.56. The van der Waals surface area contributed by atoms with Gasteiger partial charge in [-0.15, -0.1) is 21.5 Å². The van der Waals surface area contributed by atoms with Crippen LogP contribution in [0.25, 0.3) is 0 Å². The topological polar surface area (TPSA) is 84.7 Å². The summed E-state index contributed by atoms with van der Waals surface area (Å²) in [6, 6.07) is -0.272. The van der Waals surface area contributed by atoms with Crippen LogP contribution in [0.15, 0.2) is 11.6 Å². The fraction of sp³-hybridized carbons (Fsp3) is 0.500. The predicted octanol–water partition coefficient (Wildman–Crippen LogP) is 1.78. The zero-order valence-corrected chi connectivity index (χ0v) is 11.8. The quantitative estimate of drug-likeness (QED) is 0.903. The molecule has 0 radical (unpaired) electrons. The van der Waals surface area contributed by atoms with Gasteiger partial charge >= 0.3 is 6.03 Å². The molecule has 0 bridgehead atoms. The molecule has 2 amide bonds. The van der Waals surface area contributed by atoms with Gasteiger partial charge in [0.25, 0.3) is 0 Å². The lowest BCUT2D eigenvalue weighted by molar-refractivity contribution is 0.251. The van der Waals surface area contributed by atoms with Gasteiger partial charge in [-0.3, -0.25) is 5.32 Å². The van der Waals surface area contributed by atoms with Gasteiger partial charge in [0.05, 0.1) is 6.54 Å². The van der Waals surface area contributed by atoms with Crippen LogP contribution < -0.4 is 10.6 Å². The van der Waals surface area contributed by atoms with Gasteiger partial charge in [0.2, 0.25) is 0 Å². The number of nitrogens with one attached hydrogen (secondary N) is 2. The van der Waals surface area contributed by atoms with Crippen LogP contribution in [-0.4, -0.2) is 25.8 Å². The summed E-state index contributed by atoms with van der Waals surface area (Å²) in [6.07, 6.45) is 6.15. The van der Waals surface area contributed by atoms with E-state index in [9.17, 15) is 4.79 Å². The van der Waals surface area contributed by atoms with Crippen molar-refractivity contribution in [2.75, 3.05) is 5.32 Å².